The summed E-state index contributed by atoms with van der Waals surface area (Å²) in [6.07, 6.45) is 6.83. The molecule has 1 unspecified atom stereocenters. The standard InChI is InChI=1S/C12H20N2O4/c1-3-4-5-6-7-13-12(17)14-9-10(18-2)8-11(15)16/h1,10H,4-9H2,2H3,(H,15,16)(H2,13,14,17). The number of aliphatic carboxylic acids is 1. The van der Waals surface area contributed by atoms with Crippen molar-refractivity contribution in [3.63, 3.8) is 0 Å². The SMILES string of the molecule is C#CCCCCNC(=O)NCC(CC(=O)O)OC. The van der Waals surface area contributed by atoms with Gasteiger partial charge in [-0.1, -0.05) is 0 Å². The van der Waals surface area contributed by atoms with Gasteiger partial charge in [0.25, 0.3) is 0 Å². The summed E-state index contributed by atoms with van der Waals surface area (Å²) in [7, 11) is 1.41. The minimum atomic E-state index is -0.960. The molecule has 0 aromatic rings. The van der Waals surface area contributed by atoms with Gasteiger partial charge in [-0.15, -0.1) is 12.3 Å². The normalized spacial score (nSPS) is 11.3. The molecule has 0 radical (unpaired) electrons. The number of hydrogen-bond donors (Lipinski definition) is 3. The quantitative estimate of drug-likeness (QED) is 0.416. The highest BCUT2D eigenvalue weighted by Gasteiger charge is 2.13. The Bertz CT molecular complexity index is 299. The van der Waals surface area contributed by atoms with Gasteiger partial charge in [-0.25, -0.2) is 4.79 Å². The zero-order valence-electron chi connectivity index (χ0n) is 10.6. The molecule has 1 atom stereocenters. The molecule has 0 rings (SSSR count). The number of carbonyl (C=O) groups excluding carboxylic acids is 1. The van der Waals surface area contributed by atoms with Crippen molar-refractivity contribution >= 4 is 12.0 Å². The summed E-state index contributed by atoms with van der Waals surface area (Å²) in [4.78, 5) is 21.8. The number of amides is 2. The van der Waals surface area contributed by atoms with E-state index in [0.717, 1.165) is 12.8 Å². The highest BCUT2D eigenvalue weighted by Crippen LogP contribution is 1.95. The molecule has 0 bridgehead atoms. The van der Waals surface area contributed by atoms with Gasteiger partial charge in [0.2, 0.25) is 0 Å². The van der Waals surface area contributed by atoms with Crippen LogP contribution in [0.25, 0.3) is 0 Å². The number of carboxylic acids is 1. The third-order valence-corrected chi connectivity index (χ3v) is 2.26. The van der Waals surface area contributed by atoms with Crippen molar-refractivity contribution in [2.24, 2.45) is 0 Å². The highest BCUT2D eigenvalue weighted by atomic mass is 16.5. The number of unbranched alkanes of at least 4 members (excludes halogenated alkanes) is 2. The number of methoxy groups -OCH3 is 1. The summed E-state index contributed by atoms with van der Waals surface area (Å²) >= 11 is 0. The van der Waals surface area contributed by atoms with Crippen LogP contribution in [0.15, 0.2) is 0 Å². The molecule has 0 heterocycles. The van der Waals surface area contributed by atoms with Crippen molar-refractivity contribution in [2.45, 2.75) is 31.8 Å². The molecule has 0 fully saturated rings. The first kappa shape index (κ1) is 16.3. The van der Waals surface area contributed by atoms with Crippen molar-refractivity contribution in [3.8, 4) is 12.3 Å². The van der Waals surface area contributed by atoms with Gasteiger partial charge in [0.15, 0.2) is 0 Å². The number of rotatable bonds is 9. The summed E-state index contributed by atoms with van der Waals surface area (Å²) in [5, 5.41) is 13.8. The Morgan fingerprint density at radius 3 is 2.67 bits per heavy atom. The van der Waals surface area contributed by atoms with Gasteiger partial charge in [-0.3, -0.25) is 4.79 Å². The first-order valence-corrected chi connectivity index (χ1v) is 5.80. The van der Waals surface area contributed by atoms with E-state index in [-0.39, 0.29) is 19.0 Å². The summed E-state index contributed by atoms with van der Waals surface area (Å²) < 4.78 is 4.92. The van der Waals surface area contributed by atoms with Gasteiger partial charge >= 0.3 is 12.0 Å². The Morgan fingerprint density at radius 1 is 1.39 bits per heavy atom. The van der Waals surface area contributed by atoms with E-state index in [9.17, 15) is 9.59 Å². The van der Waals surface area contributed by atoms with Crippen LogP contribution in [0.4, 0.5) is 4.79 Å². The first-order chi connectivity index (χ1) is 8.60. The molecule has 0 aliphatic carbocycles. The number of ether oxygens (including phenoxy) is 1. The Morgan fingerprint density at radius 2 is 2.11 bits per heavy atom. The van der Waals surface area contributed by atoms with Gasteiger partial charge in [-0.2, -0.15) is 0 Å². The molecule has 6 heteroatoms. The number of hydrogen-bond acceptors (Lipinski definition) is 3. The van der Waals surface area contributed by atoms with E-state index in [4.69, 9.17) is 16.3 Å². The number of urea groups is 1. The molecular weight excluding hydrogens is 236 g/mol. The monoisotopic (exact) mass is 256 g/mol. The first-order valence-electron chi connectivity index (χ1n) is 5.80. The summed E-state index contributed by atoms with van der Waals surface area (Å²) in [5.41, 5.74) is 0. The van der Waals surface area contributed by atoms with Crippen molar-refractivity contribution < 1.29 is 19.4 Å². The lowest BCUT2D eigenvalue weighted by atomic mass is 10.2. The minimum absolute atomic E-state index is 0.140. The van der Waals surface area contributed by atoms with E-state index in [0.29, 0.717) is 13.0 Å². The van der Waals surface area contributed by atoms with Crippen molar-refractivity contribution in [1.82, 2.24) is 10.6 Å². The van der Waals surface area contributed by atoms with Crippen molar-refractivity contribution in [1.29, 1.82) is 0 Å². The fourth-order valence-corrected chi connectivity index (χ4v) is 1.26. The summed E-state index contributed by atoms with van der Waals surface area (Å²) in [6.45, 7) is 0.711. The van der Waals surface area contributed by atoms with Crippen LogP contribution in [-0.4, -0.2) is 43.4 Å². The molecule has 102 valence electrons. The van der Waals surface area contributed by atoms with Gasteiger partial charge < -0.3 is 20.5 Å². The lowest BCUT2D eigenvalue weighted by Gasteiger charge is -2.14. The smallest absolute Gasteiger partial charge is 0.314 e. The molecule has 0 aliphatic rings. The Hall–Kier alpha value is -1.74. The number of carboxylic acid groups (broad SMARTS) is 1. The third kappa shape index (κ3) is 9.48. The van der Waals surface area contributed by atoms with E-state index >= 15 is 0 Å². The molecule has 0 aromatic carbocycles. The highest BCUT2D eigenvalue weighted by molar-refractivity contribution is 5.74. The average Bonchev–Trinajstić information content (AvgIpc) is 2.33. The predicted octanol–water partition coefficient (Wildman–Crippen LogP) is 0.579. The largest absolute Gasteiger partial charge is 0.481 e. The van der Waals surface area contributed by atoms with E-state index in [1.54, 1.807) is 0 Å². The Kier molecular flexibility index (Phi) is 9.41. The lowest BCUT2D eigenvalue weighted by molar-refractivity contribution is -0.139. The van der Waals surface area contributed by atoms with Gasteiger partial charge in [0.05, 0.1) is 12.5 Å². The van der Waals surface area contributed by atoms with E-state index in [1.165, 1.54) is 7.11 Å². The molecule has 0 spiro atoms. The summed E-state index contributed by atoms with van der Waals surface area (Å²) in [5.74, 6) is 1.56. The van der Waals surface area contributed by atoms with Gasteiger partial charge in [0, 0.05) is 26.6 Å². The van der Waals surface area contributed by atoms with Crippen LogP contribution in [0, 0.1) is 12.3 Å². The number of carbonyl (C=O) groups is 2. The van der Waals surface area contributed by atoms with E-state index in [1.807, 2.05) is 0 Å². The maximum atomic E-state index is 11.3. The molecule has 18 heavy (non-hydrogen) atoms. The van der Waals surface area contributed by atoms with Crippen LogP contribution in [0.3, 0.4) is 0 Å². The number of nitrogens with one attached hydrogen (secondary N) is 2. The second-order valence-corrected chi connectivity index (χ2v) is 3.75. The molecule has 0 aromatic heterocycles. The predicted molar refractivity (Wildman–Crippen MR) is 67.1 cm³/mol. The van der Waals surface area contributed by atoms with Crippen LogP contribution in [0.5, 0.6) is 0 Å². The topological polar surface area (TPSA) is 87.7 Å². The Labute approximate surface area is 107 Å². The van der Waals surface area contributed by atoms with Crippen LogP contribution < -0.4 is 10.6 Å². The number of terminal acetylenes is 1. The zero-order valence-corrected chi connectivity index (χ0v) is 10.6. The van der Waals surface area contributed by atoms with E-state index in [2.05, 4.69) is 16.6 Å². The van der Waals surface area contributed by atoms with Crippen LogP contribution in [-0.2, 0) is 9.53 Å². The van der Waals surface area contributed by atoms with Crippen LogP contribution in [0.2, 0.25) is 0 Å². The van der Waals surface area contributed by atoms with Crippen molar-refractivity contribution in [3.05, 3.63) is 0 Å². The molecule has 2 amide bonds. The maximum absolute atomic E-state index is 11.3. The molecule has 0 saturated carbocycles. The molecule has 6 nitrogen and oxygen atoms in total. The second-order valence-electron chi connectivity index (χ2n) is 3.75. The maximum Gasteiger partial charge on any atom is 0.314 e. The molecule has 3 N–H and O–H groups in total. The molecule has 0 saturated heterocycles. The Balaban J connectivity index is 3.62. The summed E-state index contributed by atoms with van der Waals surface area (Å²) in [6, 6.07) is -0.330. The third-order valence-electron chi connectivity index (χ3n) is 2.26. The fraction of sp³-hybridized carbons (Fsp3) is 0.667. The van der Waals surface area contributed by atoms with Gasteiger partial charge in [-0.05, 0) is 12.8 Å². The van der Waals surface area contributed by atoms with Crippen LogP contribution in [0.1, 0.15) is 25.7 Å². The fourth-order valence-electron chi connectivity index (χ4n) is 1.26. The minimum Gasteiger partial charge on any atom is -0.481 e. The average molecular weight is 256 g/mol. The zero-order chi connectivity index (χ0) is 13.8. The van der Waals surface area contributed by atoms with Crippen LogP contribution >= 0.6 is 0 Å². The lowest BCUT2D eigenvalue weighted by Crippen LogP contribution is -2.41. The molecular formula is C12H20N2O4. The van der Waals surface area contributed by atoms with E-state index < -0.39 is 12.1 Å². The van der Waals surface area contributed by atoms with Crippen molar-refractivity contribution in [2.75, 3.05) is 20.2 Å². The molecule has 0 aliphatic heterocycles. The van der Waals surface area contributed by atoms with Gasteiger partial charge in [0.1, 0.15) is 0 Å². The second kappa shape index (κ2) is 10.4.